The number of nitrogens with one attached hydrogen (secondary N) is 1. The molecule has 1 aromatic heterocycles. The molecule has 0 aliphatic heterocycles. The predicted octanol–water partition coefficient (Wildman–Crippen LogP) is 4.50. The van der Waals surface area contributed by atoms with Crippen LogP contribution in [0.3, 0.4) is 0 Å². The van der Waals surface area contributed by atoms with E-state index in [1.165, 1.54) is 24.3 Å². The first-order valence-corrected chi connectivity index (χ1v) is 9.66. The van der Waals surface area contributed by atoms with E-state index in [2.05, 4.69) is 10.4 Å². The summed E-state index contributed by atoms with van der Waals surface area (Å²) in [4.78, 5) is 34.5. The SMILES string of the molecule is Cc1nn(-c2ccc(C(=O)OCC(=O)Nc3cc([N+](=O)[O-])ccc3Cl)cc2)c(C)c1Cl. The number of hydrogen-bond donors (Lipinski definition) is 1. The Morgan fingerprint density at radius 3 is 2.42 bits per heavy atom. The molecule has 1 N–H and O–H groups in total. The van der Waals surface area contributed by atoms with Gasteiger partial charge in [0.2, 0.25) is 0 Å². The van der Waals surface area contributed by atoms with Crippen molar-refractivity contribution in [3.8, 4) is 5.69 Å². The van der Waals surface area contributed by atoms with Gasteiger partial charge in [-0.1, -0.05) is 23.2 Å². The zero-order chi connectivity index (χ0) is 22.7. The van der Waals surface area contributed by atoms with Crippen LogP contribution in [0.15, 0.2) is 42.5 Å². The summed E-state index contributed by atoms with van der Waals surface area (Å²) in [6, 6.07) is 10.0. The van der Waals surface area contributed by atoms with Gasteiger partial charge < -0.3 is 10.1 Å². The molecule has 31 heavy (non-hydrogen) atoms. The highest BCUT2D eigenvalue weighted by molar-refractivity contribution is 6.33. The summed E-state index contributed by atoms with van der Waals surface area (Å²) >= 11 is 12.1. The number of anilines is 1. The van der Waals surface area contributed by atoms with Crippen LogP contribution in [-0.2, 0) is 9.53 Å². The minimum atomic E-state index is -0.710. The molecule has 0 aliphatic carbocycles. The molecular formula is C20H16Cl2N4O5. The molecule has 11 heteroatoms. The summed E-state index contributed by atoms with van der Waals surface area (Å²) in [7, 11) is 0. The van der Waals surface area contributed by atoms with Crippen molar-refractivity contribution in [2.45, 2.75) is 13.8 Å². The third-order valence-corrected chi connectivity index (χ3v) is 5.20. The first-order valence-electron chi connectivity index (χ1n) is 8.90. The summed E-state index contributed by atoms with van der Waals surface area (Å²) in [6.07, 6.45) is 0. The first-order chi connectivity index (χ1) is 14.7. The molecule has 0 aliphatic rings. The number of rotatable bonds is 6. The number of benzene rings is 2. The second-order valence-electron chi connectivity index (χ2n) is 6.49. The van der Waals surface area contributed by atoms with E-state index in [9.17, 15) is 19.7 Å². The number of nitro benzene ring substituents is 1. The molecule has 0 radical (unpaired) electrons. The fourth-order valence-corrected chi connectivity index (χ4v) is 3.02. The summed E-state index contributed by atoms with van der Waals surface area (Å²) in [5.74, 6) is -1.40. The van der Waals surface area contributed by atoms with Crippen LogP contribution in [0.4, 0.5) is 11.4 Å². The Morgan fingerprint density at radius 1 is 1.16 bits per heavy atom. The Hall–Kier alpha value is -3.43. The lowest BCUT2D eigenvalue weighted by molar-refractivity contribution is -0.384. The second-order valence-corrected chi connectivity index (χ2v) is 7.27. The minimum absolute atomic E-state index is 0.0461. The van der Waals surface area contributed by atoms with Gasteiger partial charge in [0.25, 0.3) is 11.6 Å². The van der Waals surface area contributed by atoms with Gasteiger partial charge >= 0.3 is 5.97 Å². The van der Waals surface area contributed by atoms with Gasteiger partial charge in [0, 0.05) is 12.1 Å². The van der Waals surface area contributed by atoms with Crippen LogP contribution in [0.25, 0.3) is 5.69 Å². The highest BCUT2D eigenvalue weighted by atomic mass is 35.5. The van der Waals surface area contributed by atoms with Crippen LogP contribution in [0.2, 0.25) is 10.0 Å². The number of carbonyl (C=O) groups is 2. The van der Waals surface area contributed by atoms with E-state index in [0.29, 0.717) is 16.4 Å². The van der Waals surface area contributed by atoms with Crippen molar-refractivity contribution in [1.29, 1.82) is 0 Å². The molecule has 0 saturated carbocycles. The van der Waals surface area contributed by atoms with Crippen molar-refractivity contribution in [3.05, 3.63) is 79.6 Å². The van der Waals surface area contributed by atoms with Gasteiger partial charge in [0.15, 0.2) is 6.61 Å². The smallest absolute Gasteiger partial charge is 0.338 e. The molecule has 0 spiro atoms. The quantitative estimate of drug-likeness (QED) is 0.327. The molecule has 1 amide bonds. The molecule has 0 fully saturated rings. The number of amides is 1. The number of halogens is 2. The Kier molecular flexibility index (Phi) is 6.57. The predicted molar refractivity (Wildman–Crippen MR) is 115 cm³/mol. The van der Waals surface area contributed by atoms with E-state index in [-0.39, 0.29) is 22.0 Å². The number of carbonyl (C=O) groups excluding carboxylic acids is 2. The minimum Gasteiger partial charge on any atom is -0.452 e. The number of non-ortho nitro benzene ring substituents is 1. The number of aromatic nitrogens is 2. The Labute approximate surface area is 186 Å². The van der Waals surface area contributed by atoms with Crippen molar-refractivity contribution >= 4 is 46.5 Å². The maximum absolute atomic E-state index is 12.2. The van der Waals surface area contributed by atoms with E-state index in [1.54, 1.807) is 23.7 Å². The van der Waals surface area contributed by atoms with Gasteiger partial charge in [-0.3, -0.25) is 14.9 Å². The molecular weight excluding hydrogens is 447 g/mol. The molecule has 9 nitrogen and oxygen atoms in total. The number of ether oxygens (including phenoxy) is 1. The number of aryl methyl sites for hydroxylation is 1. The van der Waals surface area contributed by atoms with E-state index < -0.39 is 23.4 Å². The van der Waals surface area contributed by atoms with Gasteiger partial charge in [-0.2, -0.15) is 5.10 Å². The van der Waals surface area contributed by atoms with Gasteiger partial charge in [0.05, 0.1) is 43.3 Å². The van der Waals surface area contributed by atoms with Gasteiger partial charge in [-0.15, -0.1) is 0 Å². The fourth-order valence-electron chi connectivity index (χ4n) is 2.74. The summed E-state index contributed by atoms with van der Waals surface area (Å²) in [5, 5.41) is 18.2. The number of esters is 1. The zero-order valence-corrected chi connectivity index (χ0v) is 17.9. The van der Waals surface area contributed by atoms with Crippen LogP contribution in [0.1, 0.15) is 21.7 Å². The number of nitrogens with zero attached hydrogens (tertiary/aromatic N) is 3. The van der Waals surface area contributed by atoms with Crippen molar-refractivity contribution < 1.29 is 19.2 Å². The molecule has 0 saturated heterocycles. The molecule has 0 bridgehead atoms. The van der Waals surface area contributed by atoms with E-state index in [1.807, 2.05) is 6.92 Å². The highest BCUT2D eigenvalue weighted by Gasteiger charge is 2.15. The largest absolute Gasteiger partial charge is 0.452 e. The maximum atomic E-state index is 12.2. The topological polar surface area (TPSA) is 116 Å². The van der Waals surface area contributed by atoms with Crippen molar-refractivity contribution in [2.75, 3.05) is 11.9 Å². The molecule has 0 unspecified atom stereocenters. The van der Waals surface area contributed by atoms with Gasteiger partial charge in [0.1, 0.15) is 0 Å². The van der Waals surface area contributed by atoms with Gasteiger partial charge in [-0.25, -0.2) is 9.48 Å². The molecule has 2 aromatic carbocycles. The van der Waals surface area contributed by atoms with Gasteiger partial charge in [-0.05, 0) is 44.2 Å². The number of hydrogen-bond acceptors (Lipinski definition) is 6. The molecule has 1 heterocycles. The Morgan fingerprint density at radius 2 is 1.84 bits per heavy atom. The van der Waals surface area contributed by atoms with Crippen molar-refractivity contribution in [3.63, 3.8) is 0 Å². The molecule has 3 rings (SSSR count). The van der Waals surface area contributed by atoms with Crippen LogP contribution < -0.4 is 5.32 Å². The normalized spacial score (nSPS) is 10.6. The Bertz CT molecular complexity index is 1180. The summed E-state index contributed by atoms with van der Waals surface area (Å²) < 4.78 is 6.66. The van der Waals surface area contributed by atoms with E-state index in [4.69, 9.17) is 27.9 Å². The van der Waals surface area contributed by atoms with Crippen molar-refractivity contribution in [2.24, 2.45) is 0 Å². The monoisotopic (exact) mass is 462 g/mol. The average molecular weight is 463 g/mol. The summed E-state index contributed by atoms with van der Waals surface area (Å²) in [6.45, 7) is 3.03. The Balaban J connectivity index is 1.62. The second kappa shape index (κ2) is 9.15. The molecule has 0 atom stereocenters. The standard InChI is InChI=1S/C20H16Cl2N4O5/c1-11-19(22)12(2)25(24-11)14-5-3-13(4-6-14)20(28)31-10-18(27)23-17-9-15(26(29)30)7-8-16(17)21/h3-9H,10H2,1-2H3,(H,23,27). The lowest BCUT2D eigenvalue weighted by Gasteiger charge is -2.09. The third-order valence-electron chi connectivity index (χ3n) is 4.32. The highest BCUT2D eigenvalue weighted by Crippen LogP contribution is 2.26. The van der Waals surface area contributed by atoms with Crippen LogP contribution >= 0.6 is 23.2 Å². The molecule has 3 aromatic rings. The number of nitro groups is 1. The van der Waals surface area contributed by atoms with Crippen LogP contribution in [0.5, 0.6) is 0 Å². The lowest BCUT2D eigenvalue weighted by Crippen LogP contribution is -2.21. The van der Waals surface area contributed by atoms with E-state index in [0.717, 1.165) is 11.8 Å². The molecule has 160 valence electrons. The average Bonchev–Trinajstić information content (AvgIpc) is 3.00. The zero-order valence-electron chi connectivity index (χ0n) is 16.4. The lowest BCUT2D eigenvalue weighted by atomic mass is 10.2. The fraction of sp³-hybridized carbons (Fsp3) is 0.150. The van der Waals surface area contributed by atoms with Crippen LogP contribution in [0, 0.1) is 24.0 Å². The van der Waals surface area contributed by atoms with E-state index >= 15 is 0 Å². The summed E-state index contributed by atoms with van der Waals surface area (Å²) in [5.41, 5.74) is 2.22. The first kappa shape index (κ1) is 22.3. The van der Waals surface area contributed by atoms with Crippen molar-refractivity contribution in [1.82, 2.24) is 9.78 Å². The third kappa shape index (κ3) is 5.01. The van der Waals surface area contributed by atoms with Crippen LogP contribution in [-0.4, -0.2) is 33.2 Å². The maximum Gasteiger partial charge on any atom is 0.338 e.